The third-order valence-electron chi connectivity index (χ3n) is 10.5. The molecule has 8 heteroatoms. The Morgan fingerprint density at radius 2 is 1.73 bits per heavy atom. The van der Waals surface area contributed by atoms with Gasteiger partial charge in [-0.3, -0.25) is 4.79 Å². The van der Waals surface area contributed by atoms with E-state index in [1.165, 1.54) is 0 Å². The summed E-state index contributed by atoms with van der Waals surface area (Å²) in [5, 5.41) is 39.6. The van der Waals surface area contributed by atoms with Crippen LogP contribution in [0.4, 0.5) is 0 Å². The summed E-state index contributed by atoms with van der Waals surface area (Å²) in [7, 11) is 0. The molecule has 0 unspecified atom stereocenters. The summed E-state index contributed by atoms with van der Waals surface area (Å²) in [6.45, 7) is 4.62. The van der Waals surface area contributed by atoms with Gasteiger partial charge in [0.15, 0.2) is 12.4 Å². The highest BCUT2D eigenvalue weighted by Crippen LogP contribution is 2.65. The van der Waals surface area contributed by atoms with Crippen molar-refractivity contribution in [3.8, 4) is 0 Å². The first kappa shape index (κ1) is 23.7. The van der Waals surface area contributed by atoms with Crippen LogP contribution in [-0.4, -0.2) is 69.0 Å². The number of fused-ring (bicyclic) bond motifs is 5. The highest BCUT2D eigenvalue weighted by molar-refractivity contribution is 5.87. The number of aliphatic hydroxyl groups excluding tert-OH is 3. The van der Waals surface area contributed by atoms with Gasteiger partial charge in [-0.15, -0.1) is 0 Å². The van der Waals surface area contributed by atoms with Gasteiger partial charge in [-0.1, -0.05) is 13.8 Å². The number of aliphatic carboxylic acids is 1. The summed E-state index contributed by atoms with van der Waals surface area (Å²) in [5.74, 6) is 1.28. The molecule has 1 heterocycles. The van der Waals surface area contributed by atoms with Crippen LogP contribution in [0.5, 0.6) is 0 Å². The molecule has 1 aliphatic heterocycles. The first-order valence-corrected chi connectivity index (χ1v) is 12.7. The van der Waals surface area contributed by atoms with Crippen LogP contribution in [0.15, 0.2) is 0 Å². The highest BCUT2D eigenvalue weighted by Gasteiger charge is 2.60. The molecule has 0 aromatic heterocycles. The largest absolute Gasteiger partial charge is 0.479 e. The fraction of sp³-hybridized carbons (Fsp3) is 0.920. The normalized spacial score (nSPS) is 54.3. The predicted molar refractivity (Wildman–Crippen MR) is 116 cm³/mol. The number of hydrogen-bond donors (Lipinski definition) is 4. The maximum atomic E-state index is 12.6. The van der Waals surface area contributed by atoms with Crippen molar-refractivity contribution in [3.05, 3.63) is 0 Å². The molecule has 0 bridgehead atoms. The number of carbonyl (C=O) groups excluding carboxylic acids is 1. The Morgan fingerprint density at radius 3 is 2.45 bits per heavy atom. The molecule has 0 aromatic carbocycles. The smallest absolute Gasteiger partial charge is 0.335 e. The number of Topliss-reactive ketones (excluding diaryl/α,β-unsaturated/α-hetero) is 1. The van der Waals surface area contributed by atoms with Crippen molar-refractivity contribution in [1.29, 1.82) is 0 Å². The van der Waals surface area contributed by atoms with Crippen LogP contribution in [0.2, 0.25) is 0 Å². The van der Waals surface area contributed by atoms with E-state index in [0.717, 1.165) is 57.8 Å². The predicted octanol–water partition coefficient (Wildman–Crippen LogP) is 1.88. The minimum atomic E-state index is -1.71. The van der Waals surface area contributed by atoms with Crippen molar-refractivity contribution >= 4 is 11.8 Å². The van der Waals surface area contributed by atoms with E-state index >= 15 is 0 Å². The second-order valence-corrected chi connectivity index (χ2v) is 11.8. The zero-order chi connectivity index (χ0) is 23.7. The molecular formula is C25H38O8. The molecule has 4 saturated carbocycles. The van der Waals surface area contributed by atoms with Crippen molar-refractivity contribution in [2.24, 2.45) is 34.5 Å². The van der Waals surface area contributed by atoms with Crippen LogP contribution >= 0.6 is 0 Å². The molecule has 4 aliphatic carbocycles. The number of ketones is 1. The Bertz CT molecular complexity index is 801. The van der Waals surface area contributed by atoms with Crippen molar-refractivity contribution in [3.63, 3.8) is 0 Å². The van der Waals surface area contributed by atoms with Gasteiger partial charge >= 0.3 is 5.97 Å². The molecular weight excluding hydrogens is 428 g/mol. The van der Waals surface area contributed by atoms with Gasteiger partial charge in [0.1, 0.15) is 24.1 Å². The summed E-state index contributed by atoms with van der Waals surface area (Å²) in [5.41, 5.74) is 0.0757. The van der Waals surface area contributed by atoms with E-state index in [9.17, 15) is 30.0 Å². The third-order valence-corrected chi connectivity index (χ3v) is 10.5. The lowest BCUT2D eigenvalue weighted by Gasteiger charge is -2.60. The molecule has 5 fully saturated rings. The van der Waals surface area contributed by atoms with Crippen LogP contribution in [0.3, 0.4) is 0 Å². The molecule has 8 nitrogen and oxygen atoms in total. The fourth-order valence-corrected chi connectivity index (χ4v) is 8.47. The molecule has 12 atom stereocenters. The first-order chi connectivity index (χ1) is 15.6. The van der Waals surface area contributed by atoms with E-state index < -0.39 is 36.7 Å². The number of rotatable bonds is 3. The van der Waals surface area contributed by atoms with Gasteiger partial charge in [0, 0.05) is 11.8 Å². The summed E-state index contributed by atoms with van der Waals surface area (Å²) < 4.78 is 11.4. The molecule has 5 rings (SSSR count). The lowest BCUT2D eigenvalue weighted by atomic mass is 9.45. The third kappa shape index (κ3) is 3.59. The number of ether oxygens (including phenoxy) is 2. The van der Waals surface area contributed by atoms with Gasteiger partial charge in [-0.05, 0) is 80.5 Å². The summed E-state index contributed by atoms with van der Waals surface area (Å²) in [4.78, 5) is 24.0. The van der Waals surface area contributed by atoms with Crippen molar-refractivity contribution in [2.75, 3.05) is 0 Å². The molecule has 33 heavy (non-hydrogen) atoms. The lowest BCUT2D eigenvalue weighted by Crippen LogP contribution is -2.61. The molecule has 0 amide bonds. The second kappa shape index (κ2) is 8.26. The van der Waals surface area contributed by atoms with Gasteiger partial charge in [0.25, 0.3) is 0 Å². The fourth-order valence-electron chi connectivity index (χ4n) is 8.47. The van der Waals surface area contributed by atoms with Crippen LogP contribution in [0.1, 0.15) is 71.6 Å². The number of carboxylic acid groups (broad SMARTS) is 1. The average Bonchev–Trinajstić information content (AvgIpc) is 3.08. The van der Waals surface area contributed by atoms with E-state index in [1.54, 1.807) is 0 Å². The van der Waals surface area contributed by atoms with Crippen LogP contribution in [0.25, 0.3) is 0 Å². The van der Waals surface area contributed by atoms with Crippen molar-refractivity contribution < 1.29 is 39.5 Å². The van der Waals surface area contributed by atoms with Crippen LogP contribution in [0, 0.1) is 34.5 Å². The Labute approximate surface area is 194 Å². The number of aliphatic hydroxyl groups is 3. The van der Waals surface area contributed by atoms with E-state index in [1.807, 2.05) is 0 Å². The van der Waals surface area contributed by atoms with Gasteiger partial charge < -0.3 is 29.9 Å². The summed E-state index contributed by atoms with van der Waals surface area (Å²) in [6, 6.07) is 0. The maximum Gasteiger partial charge on any atom is 0.335 e. The quantitative estimate of drug-likeness (QED) is 0.463. The number of carboxylic acids is 1. The van der Waals surface area contributed by atoms with Gasteiger partial charge in [0.05, 0.1) is 6.10 Å². The Kier molecular flexibility index (Phi) is 5.93. The highest BCUT2D eigenvalue weighted by atomic mass is 16.7. The summed E-state index contributed by atoms with van der Waals surface area (Å²) in [6.07, 6.45) is 0.719. The van der Waals surface area contributed by atoms with Crippen molar-refractivity contribution in [1.82, 2.24) is 0 Å². The zero-order valence-electron chi connectivity index (χ0n) is 19.6. The Morgan fingerprint density at radius 1 is 0.970 bits per heavy atom. The van der Waals surface area contributed by atoms with Gasteiger partial charge in [-0.25, -0.2) is 4.79 Å². The standard InChI is InChI=1S/C25H38O8/c1-24-9-7-13(32-23-20(29)18(27)19(28)21(33-23)22(30)31)11-12(24)3-4-14-15-5-6-17(26)25(15,2)10-8-16(14)24/h12-16,18-21,23,27-29H,3-11H2,1-2H3,(H,30,31)/t12-,13+,14+,15+,16+,18+,19+,20-,21+,23-,24+,25+/m1/s1. The maximum absolute atomic E-state index is 12.6. The monoisotopic (exact) mass is 466 g/mol. The molecule has 0 radical (unpaired) electrons. The molecule has 0 spiro atoms. The van der Waals surface area contributed by atoms with Crippen molar-refractivity contribution in [2.45, 2.75) is 108 Å². The van der Waals surface area contributed by atoms with Crippen LogP contribution < -0.4 is 0 Å². The summed E-state index contributed by atoms with van der Waals surface area (Å²) >= 11 is 0. The molecule has 0 aromatic rings. The molecule has 4 N–H and O–H groups in total. The SMILES string of the molecule is C[C@]12CC[C@H](O[C@@H]3O[C@H](C(=O)O)[C@@H](O)[C@H](O)[C@H]3O)C[C@H]1CC[C@@H]1[C@@H]2CC[C@]2(C)C(=O)CC[C@@H]12. The number of hydrogen-bond acceptors (Lipinski definition) is 7. The minimum absolute atomic E-state index is 0.120. The van der Waals surface area contributed by atoms with E-state index in [4.69, 9.17) is 9.47 Å². The lowest BCUT2D eigenvalue weighted by molar-refractivity contribution is -0.309. The Hall–Kier alpha value is -1.06. The second-order valence-electron chi connectivity index (χ2n) is 11.8. The van der Waals surface area contributed by atoms with Crippen LogP contribution in [-0.2, 0) is 19.1 Å². The van der Waals surface area contributed by atoms with E-state index in [-0.39, 0.29) is 16.9 Å². The van der Waals surface area contributed by atoms with Gasteiger partial charge in [0.2, 0.25) is 0 Å². The molecule has 186 valence electrons. The van der Waals surface area contributed by atoms with E-state index in [2.05, 4.69) is 13.8 Å². The molecule has 5 aliphatic rings. The Balaban J connectivity index is 1.26. The van der Waals surface area contributed by atoms with Gasteiger partial charge in [-0.2, -0.15) is 0 Å². The number of carbonyl (C=O) groups is 2. The van der Waals surface area contributed by atoms with E-state index in [0.29, 0.717) is 29.5 Å². The minimum Gasteiger partial charge on any atom is -0.479 e. The first-order valence-electron chi connectivity index (χ1n) is 12.7. The zero-order valence-corrected chi connectivity index (χ0v) is 19.6. The average molecular weight is 467 g/mol. The molecule has 1 saturated heterocycles. The topological polar surface area (TPSA) is 134 Å².